The van der Waals surface area contributed by atoms with Gasteiger partial charge >= 0.3 is 6.16 Å². The maximum atomic E-state index is 11.6. The second-order valence-corrected chi connectivity index (χ2v) is 4.20. The summed E-state index contributed by atoms with van der Waals surface area (Å²) in [6.45, 7) is 0. The average Bonchev–Trinajstić information content (AvgIpc) is 2.40. The molecule has 18 heavy (non-hydrogen) atoms. The summed E-state index contributed by atoms with van der Waals surface area (Å²) in [6, 6.07) is 8.88. The number of hydrogen-bond donors (Lipinski definition) is 0. The van der Waals surface area contributed by atoms with Gasteiger partial charge in [0.1, 0.15) is 5.75 Å². The molecule has 4 nitrogen and oxygen atoms in total. The molecule has 0 fully saturated rings. The molecule has 0 bridgehead atoms. The van der Waals surface area contributed by atoms with Crippen LogP contribution in [0.5, 0.6) is 5.75 Å². The van der Waals surface area contributed by atoms with Gasteiger partial charge in [-0.1, -0.05) is 24.3 Å². The Morgan fingerprint density at radius 1 is 1.22 bits per heavy atom. The molecule has 0 radical (unpaired) electrons. The molecule has 0 heterocycles. The molecule has 0 saturated heterocycles. The van der Waals surface area contributed by atoms with Crippen LogP contribution in [-0.4, -0.2) is 18.3 Å². The van der Waals surface area contributed by atoms with Crippen molar-refractivity contribution >= 4 is 6.16 Å². The quantitative estimate of drug-likeness (QED) is 0.465. The summed E-state index contributed by atoms with van der Waals surface area (Å²) in [5.41, 5.74) is 1.03. The number of hydroxylamine groups is 2. The van der Waals surface area contributed by atoms with Crippen molar-refractivity contribution in [2.75, 3.05) is 7.05 Å². The molecule has 1 aliphatic rings. The number of carbonyl (C=O) groups is 1. The van der Waals surface area contributed by atoms with E-state index in [9.17, 15) is 4.79 Å². The van der Waals surface area contributed by atoms with Crippen molar-refractivity contribution < 1.29 is 14.4 Å². The normalized spacial score (nSPS) is 14.6. The number of carbonyl (C=O) groups excluding carboxylic acids is 1. The summed E-state index contributed by atoms with van der Waals surface area (Å²) < 4.78 is 5.05. The SMILES string of the molecule is CN(OC(=O)Oc1ccccc1)C1=CCCCC1. The first kappa shape index (κ1) is 12.5. The number of benzene rings is 1. The Morgan fingerprint density at radius 2 is 2.00 bits per heavy atom. The van der Waals surface area contributed by atoms with Gasteiger partial charge in [-0.3, -0.25) is 0 Å². The summed E-state index contributed by atoms with van der Waals surface area (Å²) in [6.07, 6.45) is 5.69. The smallest absolute Gasteiger partial charge is 0.393 e. The summed E-state index contributed by atoms with van der Waals surface area (Å²) in [5.74, 6) is 0.480. The van der Waals surface area contributed by atoms with E-state index >= 15 is 0 Å². The molecule has 0 unspecified atom stereocenters. The van der Waals surface area contributed by atoms with E-state index in [1.54, 1.807) is 31.3 Å². The molecule has 96 valence electrons. The number of nitrogens with zero attached hydrogens (tertiary/aromatic N) is 1. The van der Waals surface area contributed by atoms with Crippen LogP contribution < -0.4 is 4.74 Å². The van der Waals surface area contributed by atoms with Crippen molar-refractivity contribution in [2.24, 2.45) is 0 Å². The van der Waals surface area contributed by atoms with Gasteiger partial charge in [0.2, 0.25) is 0 Å². The van der Waals surface area contributed by atoms with E-state index in [0.717, 1.165) is 25.0 Å². The number of rotatable bonds is 3. The third kappa shape index (κ3) is 3.52. The minimum atomic E-state index is -0.713. The van der Waals surface area contributed by atoms with Crippen LogP contribution in [0.25, 0.3) is 0 Å². The van der Waals surface area contributed by atoms with Gasteiger partial charge in [0.25, 0.3) is 0 Å². The van der Waals surface area contributed by atoms with Gasteiger partial charge in [-0.2, -0.15) is 0 Å². The van der Waals surface area contributed by atoms with Crippen molar-refractivity contribution in [3.8, 4) is 5.75 Å². The van der Waals surface area contributed by atoms with Gasteiger partial charge in [-0.05, 0) is 37.8 Å². The monoisotopic (exact) mass is 247 g/mol. The predicted octanol–water partition coefficient (Wildman–Crippen LogP) is 3.51. The fourth-order valence-corrected chi connectivity index (χ4v) is 1.88. The number of allylic oxidation sites excluding steroid dienone is 2. The zero-order chi connectivity index (χ0) is 12.8. The molecule has 1 aromatic carbocycles. The Hall–Kier alpha value is -1.97. The van der Waals surface area contributed by atoms with Crippen LogP contribution in [0.15, 0.2) is 42.1 Å². The van der Waals surface area contributed by atoms with Crippen molar-refractivity contribution in [2.45, 2.75) is 25.7 Å². The van der Waals surface area contributed by atoms with E-state index in [-0.39, 0.29) is 0 Å². The van der Waals surface area contributed by atoms with Crippen molar-refractivity contribution in [3.05, 3.63) is 42.1 Å². The van der Waals surface area contributed by atoms with Crippen LogP contribution in [0.1, 0.15) is 25.7 Å². The minimum absolute atomic E-state index is 0.480. The summed E-state index contributed by atoms with van der Waals surface area (Å²) in [7, 11) is 1.73. The molecular weight excluding hydrogens is 230 g/mol. The Morgan fingerprint density at radius 3 is 2.67 bits per heavy atom. The molecule has 0 spiro atoms. The number of ether oxygens (including phenoxy) is 1. The van der Waals surface area contributed by atoms with Gasteiger partial charge in [-0.15, -0.1) is 0 Å². The molecule has 4 heteroatoms. The summed E-state index contributed by atoms with van der Waals surface area (Å²) in [5, 5.41) is 1.49. The minimum Gasteiger partial charge on any atom is -0.393 e. The molecule has 0 atom stereocenters. The Bertz CT molecular complexity index is 428. The Balaban J connectivity index is 1.85. The van der Waals surface area contributed by atoms with Crippen LogP contribution in [0.3, 0.4) is 0 Å². The zero-order valence-electron chi connectivity index (χ0n) is 10.5. The maximum Gasteiger partial charge on any atom is 0.539 e. The third-order valence-electron chi connectivity index (χ3n) is 2.83. The second kappa shape index (κ2) is 6.10. The molecule has 0 saturated carbocycles. The van der Waals surface area contributed by atoms with Crippen molar-refractivity contribution in [1.29, 1.82) is 0 Å². The zero-order valence-corrected chi connectivity index (χ0v) is 10.5. The van der Waals surface area contributed by atoms with Crippen molar-refractivity contribution in [3.63, 3.8) is 0 Å². The predicted molar refractivity (Wildman–Crippen MR) is 67.9 cm³/mol. The van der Waals surface area contributed by atoms with E-state index in [0.29, 0.717) is 5.75 Å². The average molecular weight is 247 g/mol. The molecule has 0 N–H and O–H groups in total. The van der Waals surface area contributed by atoms with Gasteiger partial charge in [-0.25, -0.2) is 9.86 Å². The van der Waals surface area contributed by atoms with Crippen LogP contribution >= 0.6 is 0 Å². The molecule has 1 aliphatic carbocycles. The Labute approximate surface area is 107 Å². The lowest BCUT2D eigenvalue weighted by Crippen LogP contribution is -2.25. The summed E-state index contributed by atoms with van der Waals surface area (Å²) in [4.78, 5) is 16.6. The molecule has 0 amide bonds. The molecule has 1 aromatic rings. The highest BCUT2D eigenvalue weighted by Gasteiger charge is 2.14. The highest BCUT2D eigenvalue weighted by molar-refractivity contribution is 5.63. The van der Waals surface area contributed by atoms with Crippen LogP contribution in [0, 0.1) is 0 Å². The van der Waals surface area contributed by atoms with E-state index in [1.807, 2.05) is 6.07 Å². The largest absolute Gasteiger partial charge is 0.539 e. The van der Waals surface area contributed by atoms with Crippen LogP contribution in [0.2, 0.25) is 0 Å². The lowest BCUT2D eigenvalue weighted by atomic mass is 10.1. The van der Waals surface area contributed by atoms with Gasteiger partial charge < -0.3 is 9.57 Å². The number of para-hydroxylation sites is 1. The van der Waals surface area contributed by atoms with Crippen LogP contribution in [0.4, 0.5) is 4.79 Å². The van der Waals surface area contributed by atoms with Gasteiger partial charge in [0.15, 0.2) is 0 Å². The van der Waals surface area contributed by atoms with E-state index < -0.39 is 6.16 Å². The highest BCUT2D eigenvalue weighted by Crippen LogP contribution is 2.20. The van der Waals surface area contributed by atoms with Crippen LogP contribution in [-0.2, 0) is 4.84 Å². The summed E-state index contributed by atoms with van der Waals surface area (Å²) >= 11 is 0. The van der Waals surface area contributed by atoms with Crippen molar-refractivity contribution in [1.82, 2.24) is 5.06 Å². The van der Waals surface area contributed by atoms with E-state index in [1.165, 1.54) is 11.5 Å². The third-order valence-corrected chi connectivity index (χ3v) is 2.83. The highest BCUT2D eigenvalue weighted by atomic mass is 16.8. The first-order valence-electron chi connectivity index (χ1n) is 6.13. The van der Waals surface area contributed by atoms with E-state index in [2.05, 4.69) is 6.08 Å². The number of hydrogen-bond acceptors (Lipinski definition) is 4. The molecule has 0 aliphatic heterocycles. The lowest BCUT2D eigenvalue weighted by Gasteiger charge is -2.23. The molecule has 0 aromatic heterocycles. The van der Waals surface area contributed by atoms with Gasteiger partial charge in [0, 0.05) is 12.7 Å². The second-order valence-electron chi connectivity index (χ2n) is 4.20. The maximum absolute atomic E-state index is 11.6. The first-order chi connectivity index (χ1) is 8.75. The fraction of sp³-hybridized carbons (Fsp3) is 0.357. The fourth-order valence-electron chi connectivity index (χ4n) is 1.88. The topological polar surface area (TPSA) is 38.8 Å². The Kier molecular flexibility index (Phi) is 4.23. The van der Waals surface area contributed by atoms with E-state index in [4.69, 9.17) is 9.57 Å². The standard InChI is InChI=1S/C14H17NO3/c1-15(12-8-4-2-5-9-12)18-14(16)17-13-10-6-3-7-11-13/h3,6-8,10-11H,2,4-5,9H2,1H3. The molecular formula is C14H17NO3. The lowest BCUT2D eigenvalue weighted by molar-refractivity contribution is -0.0721. The molecule has 2 rings (SSSR count). The first-order valence-corrected chi connectivity index (χ1v) is 6.13. The van der Waals surface area contributed by atoms with Gasteiger partial charge in [0.05, 0.1) is 0 Å².